The third-order valence-corrected chi connectivity index (χ3v) is 6.58. The van der Waals surface area contributed by atoms with Gasteiger partial charge in [-0.15, -0.1) is 0 Å². The fourth-order valence-corrected chi connectivity index (χ4v) is 4.11. The molecular formula is C28H27ClN6O2. The summed E-state index contributed by atoms with van der Waals surface area (Å²) in [5, 5.41) is 24.9. The SMILES string of the molecule is N#Cc1ccc(Cl)cc1.O=C(Nc1cc(NCc2cn3cc(C4CC4)cc(CO)c3n2)ccn1)C1CC1. The van der Waals surface area contributed by atoms with E-state index in [-0.39, 0.29) is 18.4 Å². The van der Waals surface area contributed by atoms with Gasteiger partial charge in [-0.25, -0.2) is 9.97 Å². The molecule has 4 aromatic rings. The molecule has 0 spiro atoms. The van der Waals surface area contributed by atoms with Crippen molar-refractivity contribution in [3.8, 4) is 6.07 Å². The molecule has 0 radical (unpaired) electrons. The third-order valence-electron chi connectivity index (χ3n) is 6.32. The number of hydrogen-bond donors (Lipinski definition) is 3. The average molecular weight is 515 g/mol. The number of amides is 1. The van der Waals surface area contributed by atoms with Gasteiger partial charge in [0, 0.05) is 46.8 Å². The molecule has 6 rings (SSSR count). The van der Waals surface area contributed by atoms with Crippen LogP contribution in [0.4, 0.5) is 11.5 Å². The number of nitrogens with zero attached hydrogens (tertiary/aromatic N) is 4. The number of pyridine rings is 2. The summed E-state index contributed by atoms with van der Waals surface area (Å²) in [4.78, 5) is 20.8. The maximum Gasteiger partial charge on any atom is 0.228 e. The van der Waals surface area contributed by atoms with Gasteiger partial charge in [-0.3, -0.25) is 4.79 Å². The molecule has 2 saturated carbocycles. The van der Waals surface area contributed by atoms with Crippen molar-refractivity contribution in [3.05, 3.63) is 88.5 Å². The van der Waals surface area contributed by atoms with Crippen LogP contribution in [-0.2, 0) is 17.9 Å². The molecule has 2 aliphatic carbocycles. The molecule has 188 valence electrons. The number of nitriles is 1. The number of hydrogen-bond acceptors (Lipinski definition) is 6. The van der Waals surface area contributed by atoms with E-state index in [1.807, 2.05) is 28.8 Å². The Balaban J connectivity index is 0.000000265. The van der Waals surface area contributed by atoms with Gasteiger partial charge in [0.1, 0.15) is 11.5 Å². The van der Waals surface area contributed by atoms with Gasteiger partial charge in [-0.2, -0.15) is 5.26 Å². The molecule has 0 aliphatic heterocycles. The van der Waals surface area contributed by atoms with Crippen LogP contribution in [0.2, 0.25) is 5.02 Å². The maximum absolute atomic E-state index is 11.9. The second kappa shape index (κ2) is 11.0. The lowest BCUT2D eigenvalue weighted by Crippen LogP contribution is -2.14. The third kappa shape index (κ3) is 6.45. The van der Waals surface area contributed by atoms with Crippen LogP contribution in [0.25, 0.3) is 5.65 Å². The molecule has 2 aliphatic rings. The van der Waals surface area contributed by atoms with Crippen LogP contribution >= 0.6 is 11.6 Å². The number of aliphatic hydroxyl groups is 1. The molecule has 0 unspecified atom stereocenters. The van der Waals surface area contributed by atoms with Gasteiger partial charge >= 0.3 is 0 Å². The zero-order chi connectivity index (χ0) is 25.8. The highest BCUT2D eigenvalue weighted by molar-refractivity contribution is 6.30. The molecule has 2 fully saturated rings. The van der Waals surface area contributed by atoms with Crippen LogP contribution in [0.15, 0.2) is 61.1 Å². The molecule has 0 saturated heterocycles. The quantitative estimate of drug-likeness (QED) is 0.309. The van der Waals surface area contributed by atoms with Gasteiger partial charge in [-0.05, 0) is 73.6 Å². The Kier molecular flexibility index (Phi) is 7.35. The predicted molar refractivity (Wildman–Crippen MR) is 142 cm³/mol. The number of aliphatic hydroxyl groups excluding tert-OH is 1. The Morgan fingerprint density at radius 3 is 2.59 bits per heavy atom. The van der Waals surface area contributed by atoms with Crippen molar-refractivity contribution in [2.45, 2.75) is 44.8 Å². The molecule has 37 heavy (non-hydrogen) atoms. The minimum absolute atomic E-state index is 0.0116. The lowest BCUT2D eigenvalue weighted by atomic mass is 10.1. The minimum atomic E-state index is -0.0116. The second-order valence-corrected chi connectivity index (χ2v) is 9.80. The van der Waals surface area contributed by atoms with Crippen molar-refractivity contribution in [1.82, 2.24) is 14.4 Å². The monoisotopic (exact) mass is 514 g/mol. The topological polar surface area (TPSA) is 115 Å². The van der Waals surface area contributed by atoms with Crippen LogP contribution in [0.5, 0.6) is 0 Å². The standard InChI is InChI=1S/C21H23N5O2.C7H4ClN/c27-12-16-7-15(13-1-2-13)10-26-11-18(24-20(16)26)9-23-17-5-6-22-19(8-17)25-21(28)14-3-4-14;8-7-3-1-6(5-9)2-4-7/h5-8,10-11,13-14,27H,1-4,9,12H2,(H2,22,23,25,28);1-4H. The van der Waals surface area contributed by atoms with Crippen LogP contribution in [0.3, 0.4) is 0 Å². The zero-order valence-corrected chi connectivity index (χ0v) is 20.9. The molecule has 0 bridgehead atoms. The highest BCUT2D eigenvalue weighted by Crippen LogP contribution is 2.40. The van der Waals surface area contributed by atoms with Crippen molar-refractivity contribution in [2.24, 2.45) is 5.92 Å². The van der Waals surface area contributed by atoms with Gasteiger partial charge in [0.15, 0.2) is 0 Å². The van der Waals surface area contributed by atoms with Crippen LogP contribution in [0.1, 0.15) is 54.0 Å². The number of aromatic nitrogens is 3. The van der Waals surface area contributed by atoms with Gasteiger partial charge in [0.2, 0.25) is 5.91 Å². The van der Waals surface area contributed by atoms with Gasteiger partial charge < -0.3 is 20.1 Å². The molecular weight excluding hydrogens is 488 g/mol. The first-order valence-electron chi connectivity index (χ1n) is 12.3. The number of benzene rings is 1. The Morgan fingerprint density at radius 1 is 1.14 bits per heavy atom. The van der Waals surface area contributed by atoms with Crippen molar-refractivity contribution >= 4 is 34.7 Å². The van der Waals surface area contributed by atoms with Gasteiger partial charge in [0.05, 0.1) is 30.5 Å². The largest absolute Gasteiger partial charge is 0.392 e. The maximum atomic E-state index is 11.9. The van der Waals surface area contributed by atoms with Crippen LogP contribution < -0.4 is 10.6 Å². The number of rotatable bonds is 7. The molecule has 1 amide bonds. The smallest absolute Gasteiger partial charge is 0.228 e. The lowest BCUT2D eigenvalue weighted by Gasteiger charge is -2.07. The fraction of sp³-hybridized carbons (Fsp3) is 0.286. The summed E-state index contributed by atoms with van der Waals surface area (Å²) in [6.07, 6.45) is 10.2. The van der Waals surface area contributed by atoms with E-state index in [1.54, 1.807) is 30.5 Å². The number of imidazole rings is 1. The molecule has 3 heterocycles. The Morgan fingerprint density at radius 2 is 1.92 bits per heavy atom. The van der Waals surface area contributed by atoms with Crippen molar-refractivity contribution in [3.63, 3.8) is 0 Å². The molecule has 3 N–H and O–H groups in total. The zero-order valence-electron chi connectivity index (χ0n) is 20.2. The lowest BCUT2D eigenvalue weighted by molar-refractivity contribution is -0.117. The summed E-state index contributed by atoms with van der Waals surface area (Å²) in [6, 6.07) is 14.5. The first kappa shape index (κ1) is 24.8. The van der Waals surface area contributed by atoms with E-state index in [4.69, 9.17) is 16.9 Å². The number of carbonyl (C=O) groups is 1. The van der Waals surface area contributed by atoms with E-state index >= 15 is 0 Å². The predicted octanol–water partition coefficient (Wildman–Crippen LogP) is 5.27. The van der Waals surface area contributed by atoms with E-state index in [0.717, 1.165) is 35.4 Å². The normalized spacial score (nSPS) is 14.4. The van der Waals surface area contributed by atoms with E-state index in [1.165, 1.54) is 18.4 Å². The Hall–Kier alpha value is -3.93. The first-order chi connectivity index (χ1) is 18.0. The Bertz CT molecular complexity index is 1450. The van der Waals surface area contributed by atoms with Crippen molar-refractivity contribution in [2.75, 3.05) is 10.6 Å². The van der Waals surface area contributed by atoms with Crippen molar-refractivity contribution in [1.29, 1.82) is 5.26 Å². The summed E-state index contributed by atoms with van der Waals surface area (Å²) in [5.74, 6) is 1.39. The number of fused-ring (bicyclic) bond motifs is 1. The summed E-state index contributed by atoms with van der Waals surface area (Å²) in [7, 11) is 0. The van der Waals surface area contributed by atoms with Crippen molar-refractivity contribution < 1.29 is 9.90 Å². The fourth-order valence-electron chi connectivity index (χ4n) is 3.99. The second-order valence-electron chi connectivity index (χ2n) is 9.36. The van der Waals surface area contributed by atoms with Crippen LogP contribution in [-0.4, -0.2) is 25.4 Å². The van der Waals surface area contributed by atoms with E-state index in [0.29, 0.717) is 28.9 Å². The number of anilines is 2. The minimum Gasteiger partial charge on any atom is -0.392 e. The van der Waals surface area contributed by atoms with Gasteiger partial charge in [0.25, 0.3) is 0 Å². The molecule has 8 nitrogen and oxygen atoms in total. The summed E-state index contributed by atoms with van der Waals surface area (Å²) in [6.45, 7) is 0.535. The number of carbonyl (C=O) groups excluding carboxylic acids is 1. The summed E-state index contributed by atoms with van der Waals surface area (Å²) in [5.41, 5.74) is 5.35. The summed E-state index contributed by atoms with van der Waals surface area (Å²) >= 11 is 5.56. The highest BCUT2D eigenvalue weighted by Gasteiger charge is 2.29. The Labute approximate surface area is 219 Å². The first-order valence-corrected chi connectivity index (χ1v) is 12.7. The molecule has 3 aromatic heterocycles. The average Bonchev–Trinajstić information content (AvgIpc) is 3.84. The number of nitrogens with one attached hydrogen (secondary N) is 2. The molecule has 0 atom stereocenters. The molecule has 1 aromatic carbocycles. The summed E-state index contributed by atoms with van der Waals surface area (Å²) < 4.78 is 2.02. The van der Waals surface area contributed by atoms with Gasteiger partial charge in [-0.1, -0.05) is 11.6 Å². The van der Waals surface area contributed by atoms with Crippen LogP contribution in [0, 0.1) is 17.2 Å². The number of halogens is 1. The highest BCUT2D eigenvalue weighted by atomic mass is 35.5. The van der Waals surface area contributed by atoms with E-state index in [9.17, 15) is 9.90 Å². The molecule has 9 heteroatoms. The van der Waals surface area contributed by atoms with E-state index in [2.05, 4.69) is 32.9 Å². The van der Waals surface area contributed by atoms with E-state index < -0.39 is 0 Å².